The lowest BCUT2D eigenvalue weighted by Gasteiger charge is -2.22. The van der Waals surface area contributed by atoms with E-state index in [0.29, 0.717) is 17.5 Å². The molecule has 0 unspecified atom stereocenters. The van der Waals surface area contributed by atoms with Crippen LogP contribution in [0.15, 0.2) is 21.5 Å². The molecule has 1 atom stereocenters. The minimum Gasteiger partial charge on any atom is -0.480 e. The van der Waals surface area contributed by atoms with E-state index in [1.54, 1.807) is 13.0 Å². The fraction of sp³-hybridized carbons (Fsp3) is 0.417. The third-order valence-electron chi connectivity index (χ3n) is 3.19. The van der Waals surface area contributed by atoms with Crippen LogP contribution >= 0.6 is 0 Å². The fourth-order valence-electron chi connectivity index (χ4n) is 2.07. The van der Waals surface area contributed by atoms with Crippen molar-refractivity contribution in [3.05, 3.63) is 33.9 Å². The van der Waals surface area contributed by atoms with E-state index in [1.807, 2.05) is 0 Å². The molecule has 96 valence electrons. The first-order valence-electron chi connectivity index (χ1n) is 5.60. The van der Waals surface area contributed by atoms with Crippen molar-refractivity contribution < 1.29 is 19.1 Å². The largest absolute Gasteiger partial charge is 0.480 e. The third-order valence-corrected chi connectivity index (χ3v) is 3.19. The molecule has 0 radical (unpaired) electrons. The monoisotopic (exact) mass is 251 g/mol. The number of hydrogen-bond donors (Lipinski definition) is 1. The van der Waals surface area contributed by atoms with Crippen LogP contribution in [-0.4, -0.2) is 27.9 Å². The second kappa shape index (κ2) is 4.64. The molecule has 0 bridgehead atoms. The van der Waals surface area contributed by atoms with E-state index in [-0.39, 0.29) is 18.9 Å². The number of carbonyl (C=O) groups is 2. The summed E-state index contributed by atoms with van der Waals surface area (Å²) >= 11 is 0. The quantitative estimate of drug-likeness (QED) is 0.846. The third kappa shape index (κ3) is 2.13. The highest BCUT2D eigenvalue weighted by atomic mass is 16.4. The summed E-state index contributed by atoms with van der Waals surface area (Å²) in [6.45, 7) is 1.73. The second-order valence-electron chi connectivity index (χ2n) is 4.27. The Morgan fingerprint density at radius 2 is 2.28 bits per heavy atom. The van der Waals surface area contributed by atoms with E-state index in [2.05, 4.69) is 4.42 Å². The van der Waals surface area contributed by atoms with Crippen molar-refractivity contribution in [2.45, 2.75) is 32.4 Å². The van der Waals surface area contributed by atoms with Crippen LogP contribution in [0.5, 0.6) is 0 Å². The van der Waals surface area contributed by atoms with E-state index in [0.717, 1.165) is 0 Å². The smallest absolute Gasteiger partial charge is 0.338 e. The van der Waals surface area contributed by atoms with Gasteiger partial charge >= 0.3 is 11.6 Å². The molecule has 1 aromatic rings. The second-order valence-corrected chi connectivity index (χ2v) is 4.27. The molecule has 1 fully saturated rings. The van der Waals surface area contributed by atoms with Crippen molar-refractivity contribution in [2.24, 2.45) is 0 Å². The minimum atomic E-state index is -1.01. The lowest BCUT2D eigenvalue weighted by atomic mass is 10.1. The molecule has 1 saturated heterocycles. The van der Waals surface area contributed by atoms with Gasteiger partial charge in [0.1, 0.15) is 6.04 Å². The summed E-state index contributed by atoms with van der Waals surface area (Å²) in [5.74, 6) is -1.21. The average molecular weight is 251 g/mol. The highest BCUT2D eigenvalue weighted by molar-refractivity contribution is 5.87. The number of likely N-dealkylation sites (tertiary alicyclic amines) is 1. The summed E-state index contributed by atoms with van der Waals surface area (Å²) in [6, 6.07) is 0.783. The maximum atomic E-state index is 11.7. The number of aliphatic carboxylic acids is 1. The van der Waals surface area contributed by atoms with Crippen molar-refractivity contribution >= 4 is 11.9 Å². The number of amides is 1. The van der Waals surface area contributed by atoms with Crippen LogP contribution < -0.4 is 5.63 Å². The summed E-state index contributed by atoms with van der Waals surface area (Å²) in [6.07, 6.45) is 1.80. The standard InChI is InChI=1S/C12H13NO5/c1-7-8(4-5-18-12(7)17)6-13-9(11(15)16)2-3-10(13)14/h4-5,9H,2-3,6H2,1H3,(H,15,16)/t9-/m0/s1. The van der Waals surface area contributed by atoms with Crippen molar-refractivity contribution in [2.75, 3.05) is 0 Å². The average Bonchev–Trinajstić information content (AvgIpc) is 2.67. The molecule has 1 N–H and O–H groups in total. The van der Waals surface area contributed by atoms with Gasteiger partial charge < -0.3 is 14.4 Å². The molecule has 0 aliphatic carbocycles. The molecule has 1 amide bonds. The molecule has 1 aromatic heterocycles. The van der Waals surface area contributed by atoms with Gasteiger partial charge in [0.25, 0.3) is 0 Å². The summed E-state index contributed by atoms with van der Waals surface area (Å²) in [4.78, 5) is 35.3. The Hall–Kier alpha value is -2.11. The normalized spacial score (nSPS) is 19.3. The van der Waals surface area contributed by atoms with E-state index in [9.17, 15) is 14.4 Å². The van der Waals surface area contributed by atoms with Crippen LogP contribution in [0.2, 0.25) is 0 Å². The van der Waals surface area contributed by atoms with Crippen LogP contribution in [-0.2, 0) is 16.1 Å². The molecule has 0 saturated carbocycles. The van der Waals surface area contributed by atoms with E-state index < -0.39 is 17.6 Å². The maximum absolute atomic E-state index is 11.7. The predicted octanol–water partition coefficient (Wildman–Crippen LogP) is 0.524. The summed E-state index contributed by atoms with van der Waals surface area (Å²) in [5, 5.41) is 9.03. The van der Waals surface area contributed by atoms with Gasteiger partial charge in [-0.05, 0) is 25.0 Å². The van der Waals surface area contributed by atoms with Gasteiger partial charge in [-0.25, -0.2) is 9.59 Å². The maximum Gasteiger partial charge on any atom is 0.338 e. The van der Waals surface area contributed by atoms with Crippen LogP contribution in [0.1, 0.15) is 24.0 Å². The molecular weight excluding hydrogens is 238 g/mol. The summed E-state index contributed by atoms with van der Waals surface area (Å²) in [5.41, 5.74) is 0.556. The Morgan fingerprint density at radius 1 is 1.56 bits per heavy atom. The Balaban J connectivity index is 2.27. The lowest BCUT2D eigenvalue weighted by molar-refractivity contribution is -0.146. The molecule has 18 heavy (non-hydrogen) atoms. The molecular formula is C12H13NO5. The number of hydrogen-bond acceptors (Lipinski definition) is 4. The zero-order valence-corrected chi connectivity index (χ0v) is 9.88. The predicted molar refractivity (Wildman–Crippen MR) is 60.9 cm³/mol. The Morgan fingerprint density at radius 3 is 2.94 bits per heavy atom. The van der Waals surface area contributed by atoms with Crippen molar-refractivity contribution in [3.8, 4) is 0 Å². The van der Waals surface area contributed by atoms with Gasteiger partial charge in [-0.1, -0.05) is 0 Å². The van der Waals surface area contributed by atoms with Crippen molar-refractivity contribution in [1.82, 2.24) is 4.90 Å². The molecule has 2 heterocycles. The SMILES string of the molecule is Cc1c(CN2C(=O)CC[C@H]2C(=O)O)ccoc1=O. The minimum absolute atomic E-state index is 0.132. The molecule has 6 nitrogen and oxygen atoms in total. The number of carboxylic acids is 1. The first-order valence-corrected chi connectivity index (χ1v) is 5.60. The van der Waals surface area contributed by atoms with Gasteiger partial charge in [0.05, 0.1) is 6.26 Å². The van der Waals surface area contributed by atoms with Crippen molar-refractivity contribution in [3.63, 3.8) is 0 Å². The zero-order valence-electron chi connectivity index (χ0n) is 9.88. The molecule has 6 heteroatoms. The zero-order chi connectivity index (χ0) is 13.3. The number of carbonyl (C=O) groups excluding carboxylic acids is 1. The summed E-state index contributed by atoms with van der Waals surface area (Å²) < 4.78 is 4.69. The topological polar surface area (TPSA) is 87.8 Å². The number of rotatable bonds is 3. The molecule has 0 spiro atoms. The van der Waals surface area contributed by atoms with Crippen LogP contribution in [0.3, 0.4) is 0 Å². The lowest BCUT2D eigenvalue weighted by Crippen LogP contribution is -2.38. The first-order chi connectivity index (χ1) is 8.50. The Kier molecular flexibility index (Phi) is 3.18. The highest BCUT2D eigenvalue weighted by Crippen LogP contribution is 2.22. The Labute approximate surface area is 103 Å². The highest BCUT2D eigenvalue weighted by Gasteiger charge is 2.36. The van der Waals surface area contributed by atoms with E-state index >= 15 is 0 Å². The molecule has 0 aromatic carbocycles. The van der Waals surface area contributed by atoms with Crippen molar-refractivity contribution in [1.29, 1.82) is 0 Å². The van der Waals surface area contributed by atoms with Gasteiger partial charge in [-0.2, -0.15) is 0 Å². The summed E-state index contributed by atoms with van der Waals surface area (Å²) in [7, 11) is 0. The van der Waals surface area contributed by atoms with Gasteiger partial charge in [0, 0.05) is 18.5 Å². The Bertz CT molecular complexity index is 548. The van der Waals surface area contributed by atoms with Gasteiger partial charge in [-0.3, -0.25) is 4.79 Å². The molecule has 2 rings (SSSR count). The first kappa shape index (κ1) is 12.3. The molecule has 1 aliphatic heterocycles. The van der Waals surface area contributed by atoms with Gasteiger partial charge in [-0.15, -0.1) is 0 Å². The number of nitrogens with zero attached hydrogens (tertiary/aromatic N) is 1. The van der Waals surface area contributed by atoms with E-state index in [4.69, 9.17) is 5.11 Å². The van der Waals surface area contributed by atoms with Crippen LogP contribution in [0, 0.1) is 6.92 Å². The van der Waals surface area contributed by atoms with E-state index in [1.165, 1.54) is 11.2 Å². The molecule has 1 aliphatic rings. The fourth-order valence-corrected chi connectivity index (χ4v) is 2.07. The van der Waals surface area contributed by atoms with Crippen LogP contribution in [0.25, 0.3) is 0 Å². The number of carboxylic acid groups (broad SMARTS) is 1. The van der Waals surface area contributed by atoms with Gasteiger partial charge in [0.15, 0.2) is 0 Å². The van der Waals surface area contributed by atoms with Crippen LogP contribution in [0.4, 0.5) is 0 Å². The van der Waals surface area contributed by atoms with Gasteiger partial charge in [0.2, 0.25) is 5.91 Å².